The fourth-order valence-electron chi connectivity index (χ4n) is 5.47. The van der Waals surface area contributed by atoms with Gasteiger partial charge in [0.05, 0.1) is 31.7 Å². The number of ether oxygens (including phenoxy) is 2. The van der Waals surface area contributed by atoms with Crippen molar-refractivity contribution in [2.75, 3.05) is 0 Å². The van der Waals surface area contributed by atoms with Crippen molar-refractivity contribution in [3.8, 4) is 11.1 Å². The molecular formula is C36H34Cl2N4O4. The molecule has 2 heterocycles. The highest BCUT2D eigenvalue weighted by molar-refractivity contribution is 6.40. The Morgan fingerprint density at radius 1 is 0.804 bits per heavy atom. The summed E-state index contributed by atoms with van der Waals surface area (Å²) in [7, 11) is 0. The number of hydrogen-bond donors (Lipinski definition) is 3. The molecule has 1 saturated heterocycles. The van der Waals surface area contributed by atoms with E-state index in [-0.39, 0.29) is 30.0 Å². The summed E-state index contributed by atoms with van der Waals surface area (Å²) in [5.74, 6) is 0. The van der Waals surface area contributed by atoms with E-state index < -0.39 is 6.29 Å². The third kappa shape index (κ3) is 7.96. The number of nitrogens with one attached hydrogen (secondary N) is 2. The van der Waals surface area contributed by atoms with E-state index in [9.17, 15) is 9.90 Å². The molecule has 1 aliphatic rings. The van der Waals surface area contributed by atoms with Gasteiger partial charge in [-0.05, 0) is 45.5 Å². The summed E-state index contributed by atoms with van der Waals surface area (Å²) >= 11 is 12.5. The van der Waals surface area contributed by atoms with Gasteiger partial charge in [0.25, 0.3) is 0 Å². The second-order valence-corrected chi connectivity index (χ2v) is 11.9. The number of carbonyl (C=O) groups is 1. The number of imidazole rings is 1. The van der Waals surface area contributed by atoms with Crippen molar-refractivity contribution in [2.24, 2.45) is 0 Å². The minimum absolute atomic E-state index is 0.0223. The van der Waals surface area contributed by atoms with Crippen LogP contribution in [0.5, 0.6) is 0 Å². The Hall–Kier alpha value is -4.18. The van der Waals surface area contributed by atoms with Crippen molar-refractivity contribution in [1.82, 2.24) is 20.2 Å². The first-order valence-electron chi connectivity index (χ1n) is 15.1. The number of aliphatic hydroxyl groups excluding tert-OH is 1. The molecule has 46 heavy (non-hydrogen) atoms. The minimum Gasteiger partial charge on any atom is -0.392 e. The van der Waals surface area contributed by atoms with Crippen LogP contribution in [0.15, 0.2) is 109 Å². The molecule has 3 N–H and O–H groups in total. The first kappa shape index (κ1) is 31.8. The number of urea groups is 1. The van der Waals surface area contributed by atoms with Crippen molar-refractivity contribution in [3.63, 3.8) is 0 Å². The Balaban J connectivity index is 1.17. The summed E-state index contributed by atoms with van der Waals surface area (Å²) in [6.45, 7) is 1.29. The number of halogens is 2. The smallest absolute Gasteiger partial charge is 0.315 e. The molecule has 1 fully saturated rings. The first-order valence-corrected chi connectivity index (χ1v) is 15.8. The van der Waals surface area contributed by atoms with Crippen LogP contribution >= 0.6 is 23.2 Å². The molecule has 236 valence electrons. The number of carbonyl (C=O) groups excluding carboxylic acids is 1. The highest BCUT2D eigenvalue weighted by atomic mass is 35.5. The first-order chi connectivity index (χ1) is 22.4. The Bertz CT molecular complexity index is 1760. The molecule has 5 aromatic rings. The largest absolute Gasteiger partial charge is 0.392 e. The number of nitrogens with zero attached hydrogens (tertiary/aromatic N) is 2. The molecular weight excluding hydrogens is 623 g/mol. The van der Waals surface area contributed by atoms with Gasteiger partial charge in [0.2, 0.25) is 0 Å². The fourth-order valence-corrected chi connectivity index (χ4v) is 5.78. The van der Waals surface area contributed by atoms with Crippen molar-refractivity contribution < 1.29 is 19.4 Å². The van der Waals surface area contributed by atoms with Gasteiger partial charge in [-0.15, -0.1) is 0 Å². The lowest BCUT2D eigenvalue weighted by Crippen LogP contribution is -2.34. The monoisotopic (exact) mass is 656 g/mol. The molecule has 0 radical (unpaired) electrons. The van der Waals surface area contributed by atoms with Crippen LogP contribution in [0.3, 0.4) is 0 Å². The van der Waals surface area contributed by atoms with Crippen LogP contribution in [0, 0.1) is 0 Å². The molecule has 0 aliphatic carbocycles. The zero-order valence-electron chi connectivity index (χ0n) is 25.0. The van der Waals surface area contributed by atoms with E-state index in [4.69, 9.17) is 32.7 Å². The second kappa shape index (κ2) is 14.9. The summed E-state index contributed by atoms with van der Waals surface area (Å²) in [6.07, 6.45) is 1.07. The predicted octanol–water partition coefficient (Wildman–Crippen LogP) is 7.59. The van der Waals surface area contributed by atoms with Crippen LogP contribution in [0.25, 0.3) is 11.1 Å². The summed E-state index contributed by atoms with van der Waals surface area (Å²) in [4.78, 5) is 16.5. The average Bonchev–Trinajstić information content (AvgIpc) is 3.42. The maximum Gasteiger partial charge on any atom is 0.315 e. The lowest BCUT2D eigenvalue weighted by Gasteiger charge is -2.36. The summed E-state index contributed by atoms with van der Waals surface area (Å²) in [5.41, 5.74) is 6.72. The molecule has 0 bridgehead atoms. The molecule has 1 aromatic heterocycles. The summed E-state index contributed by atoms with van der Waals surface area (Å²) in [5, 5.41) is 16.0. The van der Waals surface area contributed by atoms with Crippen LogP contribution in [0.2, 0.25) is 10.3 Å². The van der Waals surface area contributed by atoms with Crippen LogP contribution in [0.1, 0.15) is 46.6 Å². The molecule has 0 unspecified atom stereocenters. The lowest BCUT2D eigenvalue weighted by atomic mass is 9.98. The standard InChI is InChI=1S/C36H34Cl2N4O4/c37-33-34(38)42(23-41-33)21-31-18-32(27-14-12-25(22-43)13-15-27)46-35(45-31)30-11-5-10-29(17-30)28-9-4-8-26(16-28)20-40-36(44)39-19-24-6-2-1-3-7-24/h1-17,23,31-32,35,43H,18-22H2,(H2,39,40,44)/t31-,32+,35+/m0/s1. The molecule has 10 heteroatoms. The minimum atomic E-state index is -0.642. The third-order valence-electron chi connectivity index (χ3n) is 7.92. The van der Waals surface area contributed by atoms with Gasteiger partial charge in [-0.3, -0.25) is 0 Å². The van der Waals surface area contributed by atoms with Gasteiger partial charge in [-0.25, -0.2) is 9.78 Å². The van der Waals surface area contributed by atoms with E-state index in [1.165, 1.54) is 0 Å². The van der Waals surface area contributed by atoms with Crippen LogP contribution < -0.4 is 10.6 Å². The SMILES string of the molecule is O=C(NCc1ccccc1)NCc1cccc(-c2cccc([C@@H]3O[C@H](Cn4cnc(Cl)c4Cl)C[C@H](c4ccc(CO)cc4)O3)c2)c1. The second-order valence-electron chi connectivity index (χ2n) is 11.2. The third-order valence-corrected chi connectivity index (χ3v) is 8.69. The van der Waals surface area contributed by atoms with Crippen molar-refractivity contribution in [2.45, 2.75) is 51.2 Å². The molecule has 0 spiro atoms. The van der Waals surface area contributed by atoms with Gasteiger partial charge >= 0.3 is 6.03 Å². The Kier molecular flexibility index (Phi) is 10.3. The van der Waals surface area contributed by atoms with Gasteiger partial charge in [-0.1, -0.05) is 114 Å². The number of aliphatic hydroxyl groups is 1. The molecule has 0 saturated carbocycles. The number of amides is 2. The molecule has 4 aromatic carbocycles. The van der Waals surface area contributed by atoms with Crippen LogP contribution in [-0.2, 0) is 35.7 Å². The number of aromatic nitrogens is 2. The number of hydrogen-bond acceptors (Lipinski definition) is 5. The maximum atomic E-state index is 12.4. The van der Waals surface area contributed by atoms with E-state index in [0.717, 1.165) is 38.9 Å². The normalized spacial score (nSPS) is 17.8. The Morgan fingerprint density at radius 3 is 2.22 bits per heavy atom. The number of benzene rings is 4. The molecule has 1 aliphatic heterocycles. The van der Waals surface area contributed by atoms with E-state index >= 15 is 0 Å². The lowest BCUT2D eigenvalue weighted by molar-refractivity contribution is -0.252. The van der Waals surface area contributed by atoms with Gasteiger partial charge < -0.3 is 29.8 Å². The molecule has 2 amide bonds. The zero-order chi connectivity index (χ0) is 31.9. The van der Waals surface area contributed by atoms with Crippen molar-refractivity contribution in [1.29, 1.82) is 0 Å². The van der Waals surface area contributed by atoms with E-state index in [0.29, 0.717) is 31.2 Å². The quantitative estimate of drug-likeness (QED) is 0.144. The van der Waals surface area contributed by atoms with Crippen LogP contribution in [0.4, 0.5) is 4.79 Å². The number of rotatable bonds is 10. The van der Waals surface area contributed by atoms with Crippen molar-refractivity contribution in [3.05, 3.63) is 148 Å². The zero-order valence-corrected chi connectivity index (χ0v) is 26.5. The Morgan fingerprint density at radius 2 is 1.50 bits per heavy atom. The highest BCUT2D eigenvalue weighted by Gasteiger charge is 2.33. The van der Waals surface area contributed by atoms with Gasteiger partial charge in [0.15, 0.2) is 11.4 Å². The topological polar surface area (TPSA) is 97.6 Å². The fraction of sp³-hybridized carbons (Fsp3) is 0.222. The van der Waals surface area contributed by atoms with Gasteiger partial charge in [-0.2, -0.15) is 0 Å². The van der Waals surface area contributed by atoms with E-state index in [1.54, 1.807) is 10.9 Å². The van der Waals surface area contributed by atoms with E-state index in [1.807, 2.05) is 91.0 Å². The summed E-state index contributed by atoms with van der Waals surface area (Å²) < 4.78 is 14.8. The van der Waals surface area contributed by atoms with Crippen molar-refractivity contribution >= 4 is 29.2 Å². The van der Waals surface area contributed by atoms with Crippen LogP contribution in [-0.4, -0.2) is 26.8 Å². The average molecular weight is 658 g/mol. The highest BCUT2D eigenvalue weighted by Crippen LogP contribution is 2.39. The Labute approximate surface area is 277 Å². The predicted molar refractivity (Wildman–Crippen MR) is 178 cm³/mol. The molecule has 3 atom stereocenters. The van der Waals surface area contributed by atoms with Gasteiger partial charge in [0.1, 0.15) is 5.15 Å². The van der Waals surface area contributed by atoms with E-state index in [2.05, 4.69) is 27.8 Å². The molecule has 6 rings (SSSR count). The van der Waals surface area contributed by atoms with Gasteiger partial charge in [0, 0.05) is 25.1 Å². The molecule has 8 nitrogen and oxygen atoms in total. The maximum absolute atomic E-state index is 12.4. The summed E-state index contributed by atoms with van der Waals surface area (Å²) in [6, 6.07) is 33.5.